The third-order valence-electron chi connectivity index (χ3n) is 2.14. The second kappa shape index (κ2) is 4.42. The van der Waals surface area contributed by atoms with Crippen molar-refractivity contribution in [3.8, 4) is 0 Å². The lowest BCUT2D eigenvalue weighted by atomic mass is 10.0. The summed E-state index contributed by atoms with van der Waals surface area (Å²) in [5.41, 5.74) is 9.21. The maximum absolute atomic E-state index is 7.19. The molecule has 1 aromatic rings. The van der Waals surface area contributed by atoms with E-state index in [4.69, 9.17) is 11.1 Å². The molecule has 0 aliphatic heterocycles. The van der Waals surface area contributed by atoms with Crippen molar-refractivity contribution in [1.29, 1.82) is 5.41 Å². The maximum Gasteiger partial charge on any atom is 0.0482 e. The van der Waals surface area contributed by atoms with Crippen LogP contribution in [-0.2, 0) is 0 Å². The van der Waals surface area contributed by atoms with Crippen LogP contribution in [-0.4, -0.2) is 6.21 Å². The molecule has 0 aliphatic carbocycles. The quantitative estimate of drug-likeness (QED) is 0.425. The molecular formula is C12H14N2. The van der Waals surface area contributed by atoms with Crippen LogP contribution >= 0.6 is 0 Å². The lowest BCUT2D eigenvalue weighted by Crippen LogP contribution is -1.97. The summed E-state index contributed by atoms with van der Waals surface area (Å²) in [5.74, 6) is 0. The van der Waals surface area contributed by atoms with Crippen LogP contribution in [0.1, 0.15) is 18.1 Å². The summed E-state index contributed by atoms with van der Waals surface area (Å²) in [4.78, 5) is 0. The van der Waals surface area contributed by atoms with Gasteiger partial charge in [0.2, 0.25) is 0 Å². The molecule has 0 bridgehead atoms. The molecule has 1 rings (SSSR count). The summed E-state index contributed by atoms with van der Waals surface area (Å²) < 4.78 is 0. The minimum Gasteiger partial charge on any atom is -0.398 e. The molecule has 0 fully saturated rings. The van der Waals surface area contributed by atoms with Gasteiger partial charge < -0.3 is 11.1 Å². The first-order valence-corrected chi connectivity index (χ1v) is 4.42. The van der Waals surface area contributed by atoms with Crippen LogP contribution < -0.4 is 5.73 Å². The predicted molar refractivity (Wildman–Crippen MR) is 62.6 cm³/mol. The number of allylic oxidation sites excluding steroid dienone is 3. The number of para-hydroxylation sites is 1. The summed E-state index contributed by atoms with van der Waals surface area (Å²) >= 11 is 0. The number of hydrogen-bond donors (Lipinski definition) is 2. The highest BCUT2D eigenvalue weighted by molar-refractivity contribution is 5.92. The fourth-order valence-electron chi connectivity index (χ4n) is 1.34. The van der Waals surface area contributed by atoms with Crippen LogP contribution in [0.25, 0.3) is 5.57 Å². The molecule has 0 atom stereocenters. The zero-order valence-corrected chi connectivity index (χ0v) is 8.25. The Balaban J connectivity index is 3.35. The van der Waals surface area contributed by atoms with Crippen molar-refractivity contribution in [2.75, 3.05) is 5.73 Å². The van der Waals surface area contributed by atoms with E-state index in [9.17, 15) is 0 Å². The Bertz CT molecular complexity index is 389. The van der Waals surface area contributed by atoms with E-state index in [1.807, 2.05) is 31.2 Å². The minimum absolute atomic E-state index is 0.635. The molecule has 2 heteroatoms. The third-order valence-corrected chi connectivity index (χ3v) is 2.14. The molecule has 0 saturated carbocycles. The van der Waals surface area contributed by atoms with E-state index in [1.54, 1.807) is 6.08 Å². The van der Waals surface area contributed by atoms with Crippen LogP contribution in [0.2, 0.25) is 0 Å². The van der Waals surface area contributed by atoms with Crippen LogP contribution in [0.4, 0.5) is 5.69 Å². The standard InChI is InChI=1S/C12H14N2/c1-3-9(4-2)11-7-5-6-10(8-13)12(11)14/h3-8,13H,1,14H2,2H3. The van der Waals surface area contributed by atoms with E-state index >= 15 is 0 Å². The Hall–Kier alpha value is -1.83. The zero-order chi connectivity index (χ0) is 10.6. The van der Waals surface area contributed by atoms with Gasteiger partial charge in [-0.25, -0.2) is 0 Å². The van der Waals surface area contributed by atoms with Crippen molar-refractivity contribution in [1.82, 2.24) is 0 Å². The highest BCUT2D eigenvalue weighted by Gasteiger charge is 2.04. The molecule has 0 heterocycles. The predicted octanol–water partition coefficient (Wildman–Crippen LogP) is 2.86. The van der Waals surface area contributed by atoms with E-state index in [1.165, 1.54) is 6.21 Å². The van der Waals surface area contributed by atoms with Gasteiger partial charge in [0.05, 0.1) is 0 Å². The van der Waals surface area contributed by atoms with Gasteiger partial charge in [-0.1, -0.05) is 36.9 Å². The molecule has 14 heavy (non-hydrogen) atoms. The van der Waals surface area contributed by atoms with E-state index in [-0.39, 0.29) is 0 Å². The average molecular weight is 186 g/mol. The van der Waals surface area contributed by atoms with Crippen LogP contribution in [0.15, 0.2) is 36.9 Å². The first kappa shape index (κ1) is 10.3. The first-order chi connectivity index (χ1) is 6.74. The summed E-state index contributed by atoms with van der Waals surface area (Å²) in [6, 6.07) is 5.64. The van der Waals surface area contributed by atoms with Crippen molar-refractivity contribution < 1.29 is 0 Å². The molecule has 72 valence electrons. The van der Waals surface area contributed by atoms with Crippen LogP contribution in [0, 0.1) is 5.41 Å². The average Bonchev–Trinajstić information content (AvgIpc) is 2.22. The molecule has 0 saturated heterocycles. The van der Waals surface area contributed by atoms with E-state index in [0.29, 0.717) is 5.69 Å². The fraction of sp³-hybridized carbons (Fsp3) is 0.0833. The molecule has 2 nitrogen and oxygen atoms in total. The smallest absolute Gasteiger partial charge is 0.0482 e. The number of nitrogens with one attached hydrogen (secondary N) is 1. The Kier molecular flexibility index (Phi) is 3.24. The molecular weight excluding hydrogens is 172 g/mol. The number of rotatable bonds is 3. The number of hydrogen-bond acceptors (Lipinski definition) is 2. The van der Waals surface area contributed by atoms with Gasteiger partial charge in [0, 0.05) is 23.0 Å². The molecule has 0 radical (unpaired) electrons. The van der Waals surface area contributed by atoms with Gasteiger partial charge in [-0.05, 0) is 12.5 Å². The van der Waals surface area contributed by atoms with Gasteiger partial charge in [-0.15, -0.1) is 0 Å². The molecule has 0 aliphatic rings. The Morgan fingerprint density at radius 1 is 1.50 bits per heavy atom. The zero-order valence-electron chi connectivity index (χ0n) is 8.25. The van der Waals surface area contributed by atoms with Crippen molar-refractivity contribution in [3.63, 3.8) is 0 Å². The van der Waals surface area contributed by atoms with Crippen molar-refractivity contribution in [2.45, 2.75) is 6.92 Å². The van der Waals surface area contributed by atoms with E-state index < -0.39 is 0 Å². The topological polar surface area (TPSA) is 49.9 Å². The van der Waals surface area contributed by atoms with Crippen molar-refractivity contribution >= 4 is 17.5 Å². The third kappa shape index (κ3) is 1.74. The molecule has 1 aromatic carbocycles. The van der Waals surface area contributed by atoms with Gasteiger partial charge in [0.25, 0.3) is 0 Å². The van der Waals surface area contributed by atoms with Gasteiger partial charge in [-0.2, -0.15) is 0 Å². The van der Waals surface area contributed by atoms with Crippen LogP contribution in [0.5, 0.6) is 0 Å². The summed E-state index contributed by atoms with van der Waals surface area (Å²) in [5, 5.41) is 7.19. The first-order valence-electron chi connectivity index (χ1n) is 4.42. The van der Waals surface area contributed by atoms with Crippen molar-refractivity contribution in [3.05, 3.63) is 48.1 Å². The van der Waals surface area contributed by atoms with E-state index in [0.717, 1.165) is 16.7 Å². The second-order valence-corrected chi connectivity index (χ2v) is 2.90. The molecule has 0 spiro atoms. The highest BCUT2D eigenvalue weighted by atomic mass is 14.6. The summed E-state index contributed by atoms with van der Waals surface area (Å²) in [6.07, 6.45) is 4.97. The van der Waals surface area contributed by atoms with Gasteiger partial charge in [0.15, 0.2) is 0 Å². The van der Waals surface area contributed by atoms with Crippen molar-refractivity contribution in [2.24, 2.45) is 0 Å². The number of anilines is 1. The Labute approximate surface area is 84.3 Å². The minimum atomic E-state index is 0.635. The normalized spacial score (nSPS) is 11.1. The fourth-order valence-corrected chi connectivity index (χ4v) is 1.34. The lowest BCUT2D eigenvalue weighted by molar-refractivity contribution is 1.52. The number of nitrogens with two attached hydrogens (primary N) is 1. The maximum atomic E-state index is 7.19. The van der Waals surface area contributed by atoms with Gasteiger partial charge >= 0.3 is 0 Å². The lowest BCUT2D eigenvalue weighted by Gasteiger charge is -2.08. The number of nitrogen functional groups attached to an aromatic ring is 1. The summed E-state index contributed by atoms with van der Waals surface area (Å²) in [7, 11) is 0. The molecule has 3 N–H and O–H groups in total. The van der Waals surface area contributed by atoms with Gasteiger partial charge in [0.1, 0.15) is 0 Å². The van der Waals surface area contributed by atoms with Gasteiger partial charge in [-0.3, -0.25) is 0 Å². The van der Waals surface area contributed by atoms with Crippen LogP contribution in [0.3, 0.4) is 0 Å². The summed E-state index contributed by atoms with van der Waals surface area (Å²) in [6.45, 7) is 5.66. The van der Waals surface area contributed by atoms with E-state index in [2.05, 4.69) is 6.58 Å². The second-order valence-electron chi connectivity index (χ2n) is 2.90. The molecule has 0 aromatic heterocycles. The molecule has 0 unspecified atom stereocenters. The SMILES string of the molecule is C=CC(=CC)c1cccc(C=N)c1N. The largest absolute Gasteiger partial charge is 0.398 e. The Morgan fingerprint density at radius 3 is 2.71 bits per heavy atom. The monoisotopic (exact) mass is 186 g/mol. The highest BCUT2D eigenvalue weighted by Crippen LogP contribution is 2.24. The molecule has 0 amide bonds. The number of benzene rings is 1. The Morgan fingerprint density at radius 2 is 2.21 bits per heavy atom.